The monoisotopic (exact) mass is 359 g/mol. The van der Waals surface area contributed by atoms with Crippen molar-refractivity contribution < 1.29 is 4.79 Å². The number of amides is 1. The predicted molar refractivity (Wildman–Crippen MR) is 106 cm³/mol. The summed E-state index contributed by atoms with van der Waals surface area (Å²) >= 11 is 0. The van der Waals surface area contributed by atoms with E-state index in [0.717, 1.165) is 23.5 Å². The molecule has 4 rings (SSSR count). The van der Waals surface area contributed by atoms with E-state index in [4.69, 9.17) is 0 Å². The SMILES string of the molecule is CC(C)(C)c1ccc(N(C=O)c2cn3nc(-c4ccc[nH]4)ccc3n2)cc1. The standard InChI is InChI=1S/C21H21N5O/c1-21(2,3)15-6-8-16(9-7-15)25(14-27)20-13-26-19(23-20)11-10-18(24-26)17-5-4-12-22-17/h4-14,22H,1-3H3. The minimum Gasteiger partial charge on any atom is -0.360 e. The molecule has 0 aliphatic heterocycles. The summed E-state index contributed by atoms with van der Waals surface area (Å²) in [5, 5.41) is 4.58. The number of carbonyl (C=O) groups is 1. The highest BCUT2D eigenvalue weighted by Gasteiger charge is 2.16. The molecule has 0 radical (unpaired) electrons. The first-order valence-electron chi connectivity index (χ1n) is 8.81. The number of carbonyl (C=O) groups excluding carboxylic acids is 1. The lowest BCUT2D eigenvalue weighted by Gasteiger charge is -2.20. The summed E-state index contributed by atoms with van der Waals surface area (Å²) in [6.45, 7) is 6.49. The van der Waals surface area contributed by atoms with Crippen LogP contribution in [-0.2, 0) is 10.2 Å². The maximum atomic E-state index is 11.8. The van der Waals surface area contributed by atoms with Crippen molar-refractivity contribution in [1.29, 1.82) is 0 Å². The van der Waals surface area contributed by atoms with Gasteiger partial charge in [0, 0.05) is 6.20 Å². The highest BCUT2D eigenvalue weighted by atomic mass is 16.1. The van der Waals surface area contributed by atoms with E-state index in [1.54, 1.807) is 10.7 Å². The third-order valence-corrected chi connectivity index (χ3v) is 4.54. The molecule has 0 saturated carbocycles. The van der Waals surface area contributed by atoms with E-state index in [1.807, 2.05) is 54.7 Å². The molecule has 1 aromatic carbocycles. The zero-order valence-electron chi connectivity index (χ0n) is 15.5. The van der Waals surface area contributed by atoms with Crippen LogP contribution in [0.1, 0.15) is 26.3 Å². The number of aromatic nitrogens is 4. The van der Waals surface area contributed by atoms with Gasteiger partial charge in [0.05, 0.1) is 17.6 Å². The lowest BCUT2D eigenvalue weighted by Crippen LogP contribution is -2.15. The van der Waals surface area contributed by atoms with Crippen molar-refractivity contribution in [2.75, 3.05) is 4.90 Å². The number of nitrogens with zero attached hydrogens (tertiary/aromatic N) is 4. The molecule has 0 spiro atoms. The Morgan fingerprint density at radius 3 is 2.48 bits per heavy atom. The van der Waals surface area contributed by atoms with Crippen LogP contribution in [0.5, 0.6) is 0 Å². The molecule has 4 aromatic rings. The zero-order chi connectivity index (χ0) is 19.0. The van der Waals surface area contributed by atoms with Gasteiger partial charge < -0.3 is 4.98 Å². The summed E-state index contributed by atoms with van der Waals surface area (Å²) in [4.78, 5) is 21.0. The Bertz CT molecular complexity index is 1070. The van der Waals surface area contributed by atoms with Gasteiger partial charge in [-0.05, 0) is 47.4 Å². The van der Waals surface area contributed by atoms with Crippen LogP contribution in [0.3, 0.4) is 0 Å². The number of nitrogens with one attached hydrogen (secondary N) is 1. The molecule has 6 heteroatoms. The van der Waals surface area contributed by atoms with E-state index >= 15 is 0 Å². The van der Waals surface area contributed by atoms with Crippen molar-refractivity contribution in [2.45, 2.75) is 26.2 Å². The fourth-order valence-corrected chi connectivity index (χ4v) is 2.99. The van der Waals surface area contributed by atoms with Gasteiger partial charge in [0.15, 0.2) is 11.5 Å². The lowest BCUT2D eigenvalue weighted by atomic mass is 9.87. The summed E-state index contributed by atoms with van der Waals surface area (Å²) in [7, 11) is 0. The van der Waals surface area contributed by atoms with Gasteiger partial charge in [-0.2, -0.15) is 5.10 Å². The van der Waals surface area contributed by atoms with Crippen molar-refractivity contribution in [2.24, 2.45) is 0 Å². The number of anilines is 2. The largest absolute Gasteiger partial charge is 0.360 e. The quantitative estimate of drug-likeness (QED) is 0.552. The molecule has 0 fully saturated rings. The molecule has 3 aromatic heterocycles. The second kappa shape index (κ2) is 6.39. The first-order valence-corrected chi connectivity index (χ1v) is 8.81. The van der Waals surface area contributed by atoms with E-state index in [1.165, 1.54) is 10.5 Å². The maximum Gasteiger partial charge on any atom is 0.219 e. The molecule has 1 amide bonds. The normalized spacial score (nSPS) is 11.7. The van der Waals surface area contributed by atoms with Crippen LogP contribution in [0.2, 0.25) is 0 Å². The van der Waals surface area contributed by atoms with Crippen LogP contribution in [-0.4, -0.2) is 26.0 Å². The number of aromatic amines is 1. The summed E-state index contributed by atoms with van der Waals surface area (Å²) in [6.07, 6.45) is 4.39. The Morgan fingerprint density at radius 1 is 1.07 bits per heavy atom. The van der Waals surface area contributed by atoms with Crippen molar-refractivity contribution in [1.82, 2.24) is 19.6 Å². The molecule has 6 nitrogen and oxygen atoms in total. The highest BCUT2D eigenvalue weighted by Crippen LogP contribution is 2.28. The first kappa shape index (κ1) is 17.0. The fourth-order valence-electron chi connectivity index (χ4n) is 2.99. The van der Waals surface area contributed by atoms with Crippen LogP contribution >= 0.6 is 0 Å². The third kappa shape index (κ3) is 3.21. The molecule has 0 bridgehead atoms. The fraction of sp³-hybridized carbons (Fsp3) is 0.190. The predicted octanol–water partition coefficient (Wildman–Crippen LogP) is 4.32. The number of H-pyrrole nitrogens is 1. The van der Waals surface area contributed by atoms with Gasteiger partial charge in [-0.25, -0.2) is 9.50 Å². The van der Waals surface area contributed by atoms with Gasteiger partial charge in [0.2, 0.25) is 6.41 Å². The Hall–Kier alpha value is -3.41. The number of hydrogen-bond acceptors (Lipinski definition) is 3. The molecule has 1 N–H and O–H groups in total. The molecular formula is C21H21N5O. The highest BCUT2D eigenvalue weighted by molar-refractivity contribution is 5.85. The van der Waals surface area contributed by atoms with Gasteiger partial charge in [-0.15, -0.1) is 0 Å². The molecule has 0 aliphatic rings. The van der Waals surface area contributed by atoms with Crippen molar-refractivity contribution >= 4 is 23.6 Å². The maximum absolute atomic E-state index is 11.8. The molecule has 3 heterocycles. The molecule has 136 valence electrons. The van der Waals surface area contributed by atoms with E-state index in [2.05, 4.69) is 35.8 Å². The van der Waals surface area contributed by atoms with E-state index in [-0.39, 0.29) is 5.41 Å². The van der Waals surface area contributed by atoms with Crippen LogP contribution in [0.4, 0.5) is 11.5 Å². The topological polar surface area (TPSA) is 66.3 Å². The Labute approximate surface area is 157 Å². The van der Waals surface area contributed by atoms with Gasteiger partial charge in [-0.3, -0.25) is 9.69 Å². The van der Waals surface area contributed by atoms with Gasteiger partial charge in [0.1, 0.15) is 5.69 Å². The third-order valence-electron chi connectivity index (χ3n) is 4.54. The second-order valence-electron chi connectivity index (χ2n) is 7.48. The number of benzene rings is 1. The van der Waals surface area contributed by atoms with Crippen molar-refractivity contribution in [3.63, 3.8) is 0 Å². The Morgan fingerprint density at radius 2 is 1.85 bits per heavy atom. The Kier molecular flexibility index (Phi) is 4.03. The number of rotatable bonds is 4. The molecule has 0 atom stereocenters. The van der Waals surface area contributed by atoms with E-state index in [9.17, 15) is 4.79 Å². The Balaban J connectivity index is 1.70. The summed E-state index contributed by atoms with van der Waals surface area (Å²) in [6, 6.07) is 15.6. The van der Waals surface area contributed by atoms with Gasteiger partial charge >= 0.3 is 0 Å². The van der Waals surface area contributed by atoms with E-state index < -0.39 is 0 Å². The lowest BCUT2D eigenvalue weighted by molar-refractivity contribution is -0.106. The second-order valence-corrected chi connectivity index (χ2v) is 7.48. The van der Waals surface area contributed by atoms with Crippen LogP contribution < -0.4 is 4.90 Å². The van der Waals surface area contributed by atoms with Crippen LogP contribution in [0.25, 0.3) is 17.0 Å². The summed E-state index contributed by atoms with van der Waals surface area (Å²) in [5.41, 5.74) is 4.46. The van der Waals surface area contributed by atoms with E-state index in [0.29, 0.717) is 11.5 Å². The zero-order valence-corrected chi connectivity index (χ0v) is 15.5. The molecule has 27 heavy (non-hydrogen) atoms. The summed E-state index contributed by atoms with van der Waals surface area (Å²) in [5.74, 6) is 0.532. The molecule has 0 aliphatic carbocycles. The summed E-state index contributed by atoms with van der Waals surface area (Å²) < 4.78 is 1.69. The van der Waals surface area contributed by atoms with Gasteiger partial charge in [-0.1, -0.05) is 32.9 Å². The van der Waals surface area contributed by atoms with Crippen LogP contribution in [0, 0.1) is 0 Å². The van der Waals surface area contributed by atoms with Gasteiger partial charge in [0.25, 0.3) is 0 Å². The number of imidazole rings is 1. The number of fused-ring (bicyclic) bond motifs is 1. The minimum atomic E-state index is 0.0613. The number of hydrogen-bond donors (Lipinski definition) is 1. The van der Waals surface area contributed by atoms with Crippen molar-refractivity contribution in [3.8, 4) is 11.4 Å². The smallest absolute Gasteiger partial charge is 0.219 e. The van der Waals surface area contributed by atoms with Crippen molar-refractivity contribution in [3.05, 3.63) is 66.5 Å². The molecule has 0 unspecified atom stereocenters. The average molecular weight is 359 g/mol. The van der Waals surface area contributed by atoms with Crippen LogP contribution in [0.15, 0.2) is 60.9 Å². The first-order chi connectivity index (χ1) is 13.0. The molecule has 0 saturated heterocycles. The minimum absolute atomic E-state index is 0.0613. The average Bonchev–Trinajstić information content (AvgIpc) is 3.31. The molecular weight excluding hydrogens is 338 g/mol.